The minimum absolute atomic E-state index is 0.209. The number of piperazine rings is 1. The van der Waals surface area contributed by atoms with E-state index < -0.39 is 21.7 Å². The first kappa shape index (κ1) is 21.3. The summed E-state index contributed by atoms with van der Waals surface area (Å²) in [5.41, 5.74) is 0.790. The molecule has 1 aliphatic heterocycles. The lowest BCUT2D eigenvalue weighted by molar-refractivity contribution is 0.163. The molecule has 0 amide bonds. The molecule has 1 fully saturated rings. The van der Waals surface area contributed by atoms with Gasteiger partial charge in [0, 0.05) is 31.7 Å². The zero-order chi connectivity index (χ0) is 22.0. The number of hydrogen-bond acceptors (Lipinski definition) is 7. The van der Waals surface area contributed by atoms with Gasteiger partial charge in [-0.1, -0.05) is 5.16 Å². The molecule has 0 spiro atoms. The van der Waals surface area contributed by atoms with Crippen molar-refractivity contribution in [2.24, 2.45) is 0 Å². The third-order valence-electron chi connectivity index (χ3n) is 5.04. The summed E-state index contributed by atoms with van der Waals surface area (Å²) >= 11 is 0. The fraction of sp³-hybridized carbons (Fsp3) is 0.300. The Morgan fingerprint density at radius 1 is 1.03 bits per heavy atom. The highest BCUT2D eigenvalue weighted by atomic mass is 32.2. The minimum atomic E-state index is -3.90. The van der Waals surface area contributed by atoms with E-state index in [1.165, 1.54) is 4.31 Å². The number of rotatable bonds is 6. The number of nitrogens with zero attached hydrogens (tertiary/aromatic N) is 4. The molecule has 2 heterocycles. The van der Waals surface area contributed by atoms with Gasteiger partial charge in [-0.15, -0.1) is 0 Å². The van der Waals surface area contributed by atoms with Gasteiger partial charge in [-0.2, -0.15) is 9.29 Å². The van der Waals surface area contributed by atoms with E-state index in [1.54, 1.807) is 19.2 Å². The SMILES string of the molecule is COc1ccc(-c2noc(CN3CCN(S(=O)(=O)c4ccc(F)c(F)c4)CC3)n2)cc1. The van der Waals surface area contributed by atoms with Gasteiger partial charge in [0.15, 0.2) is 11.6 Å². The van der Waals surface area contributed by atoms with Crippen molar-refractivity contribution in [1.82, 2.24) is 19.3 Å². The Morgan fingerprint density at radius 3 is 2.39 bits per heavy atom. The molecule has 2 aromatic carbocycles. The topological polar surface area (TPSA) is 88.8 Å². The van der Waals surface area contributed by atoms with E-state index in [1.807, 2.05) is 17.0 Å². The maximum Gasteiger partial charge on any atom is 0.243 e. The van der Waals surface area contributed by atoms with Crippen LogP contribution in [0.3, 0.4) is 0 Å². The van der Waals surface area contributed by atoms with Gasteiger partial charge in [-0.3, -0.25) is 4.90 Å². The van der Waals surface area contributed by atoms with Gasteiger partial charge in [-0.05, 0) is 42.5 Å². The summed E-state index contributed by atoms with van der Waals surface area (Å²) in [6.07, 6.45) is 0. The molecule has 0 bridgehead atoms. The first-order valence-corrected chi connectivity index (χ1v) is 11.0. The number of halogens is 2. The fourth-order valence-electron chi connectivity index (χ4n) is 3.28. The van der Waals surface area contributed by atoms with Crippen LogP contribution in [0.4, 0.5) is 8.78 Å². The smallest absolute Gasteiger partial charge is 0.243 e. The second-order valence-corrected chi connectivity index (χ2v) is 8.93. The highest BCUT2D eigenvalue weighted by Gasteiger charge is 2.29. The standard InChI is InChI=1S/C20H20F2N4O4S/c1-29-15-4-2-14(3-5-15)20-23-19(30-24-20)13-25-8-10-26(11-9-25)31(27,28)16-6-7-17(21)18(22)12-16/h2-7,12H,8-11,13H2,1H3. The summed E-state index contributed by atoms with van der Waals surface area (Å²) in [4.78, 5) is 6.12. The summed E-state index contributed by atoms with van der Waals surface area (Å²) in [5, 5.41) is 3.99. The Kier molecular flexibility index (Phi) is 5.99. The van der Waals surface area contributed by atoms with Crippen molar-refractivity contribution < 1.29 is 26.5 Å². The average molecular weight is 450 g/mol. The highest BCUT2D eigenvalue weighted by molar-refractivity contribution is 7.89. The molecule has 1 aromatic heterocycles. The number of ether oxygens (including phenoxy) is 1. The molecule has 0 unspecified atom stereocenters. The molecule has 4 rings (SSSR count). The third-order valence-corrected chi connectivity index (χ3v) is 6.93. The molecule has 8 nitrogen and oxygen atoms in total. The van der Waals surface area contributed by atoms with E-state index in [4.69, 9.17) is 9.26 Å². The Morgan fingerprint density at radius 2 is 1.74 bits per heavy atom. The molecule has 164 valence electrons. The first-order chi connectivity index (χ1) is 14.9. The van der Waals surface area contributed by atoms with E-state index in [2.05, 4.69) is 10.1 Å². The lowest BCUT2D eigenvalue weighted by atomic mass is 10.2. The number of sulfonamides is 1. The van der Waals surface area contributed by atoms with Crippen molar-refractivity contribution in [2.45, 2.75) is 11.4 Å². The molecule has 0 N–H and O–H groups in total. The molecule has 0 radical (unpaired) electrons. The minimum Gasteiger partial charge on any atom is -0.497 e. The Labute approximate surface area is 178 Å². The van der Waals surface area contributed by atoms with Crippen LogP contribution in [0.5, 0.6) is 5.75 Å². The molecular formula is C20H20F2N4O4S. The predicted molar refractivity (Wildman–Crippen MR) is 107 cm³/mol. The van der Waals surface area contributed by atoms with E-state index in [0.717, 1.165) is 23.4 Å². The van der Waals surface area contributed by atoms with Crippen molar-refractivity contribution >= 4 is 10.0 Å². The normalized spacial score (nSPS) is 15.8. The van der Waals surface area contributed by atoms with Crippen LogP contribution in [0.25, 0.3) is 11.4 Å². The van der Waals surface area contributed by atoms with Crippen molar-refractivity contribution in [1.29, 1.82) is 0 Å². The van der Waals surface area contributed by atoms with Gasteiger partial charge < -0.3 is 9.26 Å². The van der Waals surface area contributed by atoms with E-state index in [0.29, 0.717) is 37.4 Å². The van der Waals surface area contributed by atoms with Gasteiger partial charge >= 0.3 is 0 Å². The van der Waals surface area contributed by atoms with Crippen molar-refractivity contribution in [3.8, 4) is 17.1 Å². The zero-order valence-electron chi connectivity index (χ0n) is 16.7. The number of methoxy groups -OCH3 is 1. The number of benzene rings is 2. The first-order valence-electron chi connectivity index (χ1n) is 9.51. The lowest BCUT2D eigenvalue weighted by Crippen LogP contribution is -2.48. The molecule has 3 aromatic rings. The average Bonchev–Trinajstić information content (AvgIpc) is 3.24. The maximum absolute atomic E-state index is 13.4. The molecule has 1 saturated heterocycles. The summed E-state index contributed by atoms with van der Waals surface area (Å²) < 4.78 is 63.7. The van der Waals surface area contributed by atoms with Gasteiger partial charge in [0.25, 0.3) is 0 Å². The van der Waals surface area contributed by atoms with Crippen molar-refractivity contribution in [3.05, 3.63) is 60.0 Å². The lowest BCUT2D eigenvalue weighted by Gasteiger charge is -2.33. The second kappa shape index (κ2) is 8.69. The third kappa shape index (κ3) is 4.58. The van der Waals surface area contributed by atoms with Crippen LogP contribution in [-0.4, -0.2) is 61.1 Å². The van der Waals surface area contributed by atoms with Crippen LogP contribution < -0.4 is 4.74 Å². The van der Waals surface area contributed by atoms with Gasteiger partial charge in [0.2, 0.25) is 21.7 Å². The number of hydrogen-bond donors (Lipinski definition) is 0. The predicted octanol–water partition coefficient (Wildman–Crippen LogP) is 2.53. The maximum atomic E-state index is 13.4. The Balaban J connectivity index is 1.37. The van der Waals surface area contributed by atoms with Crippen LogP contribution in [-0.2, 0) is 16.6 Å². The quantitative estimate of drug-likeness (QED) is 0.570. The van der Waals surface area contributed by atoms with E-state index >= 15 is 0 Å². The second-order valence-electron chi connectivity index (χ2n) is 7.00. The molecule has 0 atom stereocenters. The van der Waals surface area contributed by atoms with E-state index in [-0.39, 0.29) is 18.0 Å². The largest absolute Gasteiger partial charge is 0.497 e. The Hall–Kier alpha value is -2.89. The fourth-order valence-corrected chi connectivity index (χ4v) is 4.72. The highest BCUT2D eigenvalue weighted by Crippen LogP contribution is 2.22. The van der Waals surface area contributed by atoms with Crippen LogP contribution in [0.15, 0.2) is 51.9 Å². The van der Waals surface area contributed by atoms with Crippen LogP contribution >= 0.6 is 0 Å². The van der Waals surface area contributed by atoms with Crippen molar-refractivity contribution in [2.75, 3.05) is 33.3 Å². The summed E-state index contributed by atoms with van der Waals surface area (Å²) in [7, 11) is -2.31. The van der Waals surface area contributed by atoms with E-state index in [9.17, 15) is 17.2 Å². The van der Waals surface area contributed by atoms with Gasteiger partial charge in [-0.25, -0.2) is 17.2 Å². The van der Waals surface area contributed by atoms with Gasteiger partial charge in [0.05, 0.1) is 18.6 Å². The Bertz CT molecular complexity index is 1160. The molecule has 0 saturated carbocycles. The zero-order valence-corrected chi connectivity index (χ0v) is 17.5. The van der Waals surface area contributed by atoms with Crippen molar-refractivity contribution in [3.63, 3.8) is 0 Å². The van der Waals surface area contributed by atoms with Crippen LogP contribution in [0.1, 0.15) is 5.89 Å². The summed E-state index contributed by atoms with van der Waals surface area (Å²) in [6.45, 7) is 1.66. The van der Waals surface area contributed by atoms with Crippen LogP contribution in [0, 0.1) is 11.6 Å². The van der Waals surface area contributed by atoms with Gasteiger partial charge in [0.1, 0.15) is 5.75 Å². The number of aromatic nitrogens is 2. The summed E-state index contributed by atoms with van der Waals surface area (Å²) in [6, 6.07) is 9.85. The monoisotopic (exact) mass is 450 g/mol. The summed E-state index contributed by atoms with van der Waals surface area (Å²) in [5.74, 6) is -0.676. The molecule has 11 heteroatoms. The van der Waals surface area contributed by atoms with Crippen LogP contribution in [0.2, 0.25) is 0 Å². The molecule has 0 aliphatic carbocycles. The molecular weight excluding hydrogens is 430 g/mol. The molecule has 31 heavy (non-hydrogen) atoms. The molecule has 1 aliphatic rings.